The van der Waals surface area contributed by atoms with Gasteiger partial charge in [0.25, 0.3) is 0 Å². The molecule has 1 amide bonds. The fourth-order valence-corrected chi connectivity index (χ4v) is 2.18. The number of amides is 1. The minimum atomic E-state index is -0.438. The van der Waals surface area contributed by atoms with Crippen LogP contribution in [0.4, 0.5) is 9.52 Å². The van der Waals surface area contributed by atoms with Gasteiger partial charge in [0.1, 0.15) is 17.4 Å². The molecule has 0 spiro atoms. The van der Waals surface area contributed by atoms with E-state index in [4.69, 9.17) is 16.3 Å². The highest BCUT2D eigenvalue weighted by Crippen LogP contribution is 2.31. The van der Waals surface area contributed by atoms with E-state index >= 15 is 0 Å². The summed E-state index contributed by atoms with van der Waals surface area (Å²) in [5, 5.41) is 10.6. The number of carbonyl (C=O) groups excluding carboxylic acids is 1. The van der Waals surface area contributed by atoms with E-state index in [1.54, 1.807) is 0 Å². The van der Waals surface area contributed by atoms with Crippen LogP contribution < -0.4 is 10.1 Å². The monoisotopic (exact) mass is 301 g/mol. The molecule has 0 unspecified atom stereocenters. The SMILES string of the molecule is COc1ccc(F)c(-c2nnc(NC(=O)CCl)s2)c1. The predicted molar refractivity (Wildman–Crippen MR) is 71.2 cm³/mol. The highest BCUT2D eigenvalue weighted by molar-refractivity contribution is 7.18. The maximum atomic E-state index is 13.7. The molecule has 1 aromatic carbocycles. The lowest BCUT2D eigenvalue weighted by Crippen LogP contribution is -2.12. The van der Waals surface area contributed by atoms with Crippen molar-refractivity contribution < 1.29 is 13.9 Å². The van der Waals surface area contributed by atoms with Crippen molar-refractivity contribution in [2.75, 3.05) is 18.3 Å². The minimum Gasteiger partial charge on any atom is -0.497 e. The Kier molecular flexibility index (Phi) is 4.28. The fraction of sp³-hybridized carbons (Fsp3) is 0.182. The van der Waals surface area contributed by atoms with E-state index in [-0.39, 0.29) is 16.6 Å². The Balaban J connectivity index is 2.29. The fourth-order valence-electron chi connectivity index (χ4n) is 1.33. The molecule has 5 nitrogen and oxygen atoms in total. The molecule has 0 atom stereocenters. The Bertz CT molecular complexity index is 605. The molecule has 0 aliphatic rings. The predicted octanol–water partition coefficient (Wildman–Crippen LogP) is 2.53. The van der Waals surface area contributed by atoms with Crippen LogP contribution in [-0.4, -0.2) is 29.1 Å². The van der Waals surface area contributed by atoms with Crippen molar-refractivity contribution in [3.05, 3.63) is 24.0 Å². The molecule has 1 heterocycles. The average Bonchev–Trinajstić information content (AvgIpc) is 2.87. The third-order valence-electron chi connectivity index (χ3n) is 2.20. The lowest BCUT2D eigenvalue weighted by molar-refractivity contribution is -0.113. The van der Waals surface area contributed by atoms with Crippen LogP contribution in [-0.2, 0) is 4.79 Å². The summed E-state index contributed by atoms with van der Waals surface area (Å²) in [7, 11) is 1.49. The summed E-state index contributed by atoms with van der Waals surface area (Å²) in [5.74, 6) is -0.497. The van der Waals surface area contributed by atoms with Crippen LogP contribution in [0.2, 0.25) is 0 Å². The summed E-state index contributed by atoms with van der Waals surface area (Å²) >= 11 is 6.41. The minimum absolute atomic E-state index is 0.178. The zero-order chi connectivity index (χ0) is 13.8. The van der Waals surface area contributed by atoms with Gasteiger partial charge < -0.3 is 4.74 Å². The molecule has 100 valence electrons. The highest BCUT2D eigenvalue weighted by Gasteiger charge is 2.13. The van der Waals surface area contributed by atoms with Gasteiger partial charge in [-0.15, -0.1) is 21.8 Å². The van der Waals surface area contributed by atoms with Gasteiger partial charge in [0.2, 0.25) is 11.0 Å². The van der Waals surface area contributed by atoms with Crippen molar-refractivity contribution in [3.63, 3.8) is 0 Å². The smallest absolute Gasteiger partial charge is 0.241 e. The summed E-state index contributed by atoms with van der Waals surface area (Å²) in [4.78, 5) is 11.1. The summed E-state index contributed by atoms with van der Waals surface area (Å²) in [6.07, 6.45) is 0. The van der Waals surface area contributed by atoms with Crippen molar-refractivity contribution in [2.45, 2.75) is 0 Å². The number of methoxy groups -OCH3 is 1. The molecule has 2 rings (SSSR count). The van der Waals surface area contributed by atoms with Crippen LogP contribution in [0.3, 0.4) is 0 Å². The quantitative estimate of drug-likeness (QED) is 0.881. The van der Waals surface area contributed by atoms with E-state index in [1.807, 2.05) is 0 Å². The number of hydrogen-bond acceptors (Lipinski definition) is 5. The van der Waals surface area contributed by atoms with E-state index in [0.29, 0.717) is 10.8 Å². The molecular weight excluding hydrogens is 293 g/mol. The molecule has 0 bridgehead atoms. The third-order valence-corrected chi connectivity index (χ3v) is 3.31. The second-order valence-electron chi connectivity index (χ2n) is 3.44. The number of halogens is 2. The Labute approximate surface area is 117 Å². The van der Waals surface area contributed by atoms with Gasteiger partial charge in [0.05, 0.1) is 12.7 Å². The average molecular weight is 302 g/mol. The van der Waals surface area contributed by atoms with Crippen LogP contribution in [0.25, 0.3) is 10.6 Å². The van der Waals surface area contributed by atoms with E-state index in [0.717, 1.165) is 11.3 Å². The Morgan fingerprint density at radius 2 is 2.32 bits per heavy atom. The van der Waals surface area contributed by atoms with Crippen molar-refractivity contribution in [3.8, 4) is 16.3 Å². The molecule has 0 saturated heterocycles. The zero-order valence-electron chi connectivity index (χ0n) is 9.81. The molecule has 0 radical (unpaired) electrons. The molecule has 8 heteroatoms. The molecule has 2 aromatic rings. The van der Waals surface area contributed by atoms with Crippen LogP contribution in [0.1, 0.15) is 0 Å². The Morgan fingerprint density at radius 3 is 3.00 bits per heavy atom. The van der Waals surface area contributed by atoms with Gasteiger partial charge >= 0.3 is 0 Å². The van der Waals surface area contributed by atoms with Gasteiger partial charge in [0.15, 0.2) is 5.01 Å². The van der Waals surface area contributed by atoms with Gasteiger partial charge in [-0.25, -0.2) is 4.39 Å². The Hall–Kier alpha value is -1.73. The van der Waals surface area contributed by atoms with E-state index in [2.05, 4.69) is 15.5 Å². The number of nitrogens with one attached hydrogen (secondary N) is 1. The van der Waals surface area contributed by atoms with Crippen LogP contribution in [0.5, 0.6) is 5.75 Å². The first kappa shape index (κ1) is 13.7. The van der Waals surface area contributed by atoms with Gasteiger partial charge in [-0.05, 0) is 18.2 Å². The molecule has 0 saturated carbocycles. The molecule has 0 fully saturated rings. The van der Waals surface area contributed by atoms with Gasteiger partial charge in [0, 0.05) is 0 Å². The number of anilines is 1. The number of carbonyl (C=O) groups is 1. The second-order valence-corrected chi connectivity index (χ2v) is 4.68. The standard InChI is InChI=1S/C11H9ClFN3O2S/c1-18-6-2-3-8(13)7(4-6)10-15-16-11(19-10)14-9(17)5-12/h2-4H,5H2,1H3,(H,14,16,17). The molecule has 1 aromatic heterocycles. The van der Waals surface area contributed by atoms with Crippen LogP contribution in [0.15, 0.2) is 18.2 Å². The van der Waals surface area contributed by atoms with Crippen LogP contribution in [0, 0.1) is 5.82 Å². The number of benzene rings is 1. The molecule has 0 aliphatic heterocycles. The molecule has 0 aliphatic carbocycles. The molecular formula is C11H9ClFN3O2S. The number of hydrogen-bond donors (Lipinski definition) is 1. The summed E-state index contributed by atoms with van der Waals surface area (Å²) in [6, 6.07) is 4.31. The Morgan fingerprint density at radius 1 is 1.53 bits per heavy atom. The van der Waals surface area contributed by atoms with E-state index in [1.165, 1.54) is 25.3 Å². The van der Waals surface area contributed by atoms with Crippen LogP contribution >= 0.6 is 22.9 Å². The topological polar surface area (TPSA) is 64.1 Å². The molecule has 1 N–H and O–H groups in total. The highest BCUT2D eigenvalue weighted by atomic mass is 35.5. The summed E-state index contributed by atoms with van der Waals surface area (Å²) in [6.45, 7) is 0. The third kappa shape index (κ3) is 3.18. The maximum Gasteiger partial charge on any atom is 0.241 e. The first-order chi connectivity index (χ1) is 9.13. The van der Waals surface area contributed by atoms with Crippen molar-refractivity contribution >= 4 is 34.0 Å². The lowest BCUT2D eigenvalue weighted by atomic mass is 10.2. The van der Waals surface area contributed by atoms with Gasteiger partial charge in [-0.1, -0.05) is 11.3 Å². The van der Waals surface area contributed by atoms with Gasteiger partial charge in [-0.2, -0.15) is 0 Å². The largest absolute Gasteiger partial charge is 0.497 e. The number of alkyl halides is 1. The van der Waals surface area contributed by atoms with E-state index < -0.39 is 11.7 Å². The maximum absolute atomic E-state index is 13.7. The van der Waals surface area contributed by atoms with E-state index in [9.17, 15) is 9.18 Å². The number of rotatable bonds is 4. The summed E-state index contributed by atoms with van der Waals surface area (Å²) in [5.41, 5.74) is 0.267. The zero-order valence-corrected chi connectivity index (χ0v) is 11.4. The number of aromatic nitrogens is 2. The first-order valence-corrected chi connectivity index (χ1v) is 6.52. The second kappa shape index (κ2) is 5.94. The normalized spacial score (nSPS) is 10.3. The lowest BCUT2D eigenvalue weighted by Gasteiger charge is -2.02. The van der Waals surface area contributed by atoms with Crippen molar-refractivity contribution in [1.29, 1.82) is 0 Å². The molecule has 19 heavy (non-hydrogen) atoms. The summed E-state index contributed by atoms with van der Waals surface area (Å²) < 4.78 is 18.7. The number of nitrogens with zero attached hydrogens (tertiary/aromatic N) is 2. The van der Waals surface area contributed by atoms with Crippen molar-refractivity contribution in [1.82, 2.24) is 10.2 Å². The number of ether oxygens (including phenoxy) is 1. The van der Waals surface area contributed by atoms with Crippen molar-refractivity contribution in [2.24, 2.45) is 0 Å². The first-order valence-electron chi connectivity index (χ1n) is 5.17. The van der Waals surface area contributed by atoms with Gasteiger partial charge in [-0.3, -0.25) is 10.1 Å².